The number of furan rings is 1. The summed E-state index contributed by atoms with van der Waals surface area (Å²) in [5.41, 5.74) is 0.324. The Balaban J connectivity index is 1.57. The molecule has 0 radical (unpaired) electrons. The first-order valence-electron chi connectivity index (χ1n) is 10.1. The van der Waals surface area contributed by atoms with Gasteiger partial charge in [-0.15, -0.1) is 0 Å². The molecule has 4 rings (SSSR count). The van der Waals surface area contributed by atoms with Gasteiger partial charge in [0.25, 0.3) is 5.91 Å². The normalized spacial score (nSPS) is 19.1. The SMILES string of the molecule is O=Cc1ccc(-c2cc(C(=O)N(C3CCCCC3)C3CCCCC3)no2)o1. The Morgan fingerprint density at radius 2 is 1.59 bits per heavy atom. The fourth-order valence-electron chi connectivity index (χ4n) is 4.52. The maximum atomic E-state index is 13.4. The maximum absolute atomic E-state index is 13.4. The van der Waals surface area contributed by atoms with Gasteiger partial charge in [0.15, 0.2) is 23.5 Å². The summed E-state index contributed by atoms with van der Waals surface area (Å²) in [6.07, 6.45) is 12.2. The van der Waals surface area contributed by atoms with Crippen LogP contribution in [0.4, 0.5) is 0 Å². The van der Waals surface area contributed by atoms with Crippen LogP contribution >= 0.6 is 0 Å². The average molecular weight is 370 g/mol. The van der Waals surface area contributed by atoms with E-state index in [1.807, 2.05) is 0 Å². The lowest BCUT2D eigenvalue weighted by atomic mass is 9.88. The number of aldehydes is 1. The number of carbonyl (C=O) groups excluding carboxylic acids is 2. The minimum atomic E-state index is -0.0361. The molecule has 0 bridgehead atoms. The fourth-order valence-corrected chi connectivity index (χ4v) is 4.52. The van der Waals surface area contributed by atoms with E-state index in [0.717, 1.165) is 25.7 Å². The van der Waals surface area contributed by atoms with Crippen molar-refractivity contribution in [1.82, 2.24) is 10.1 Å². The molecule has 144 valence electrons. The topological polar surface area (TPSA) is 76.6 Å². The number of amides is 1. The Morgan fingerprint density at radius 3 is 2.15 bits per heavy atom. The molecule has 0 spiro atoms. The van der Waals surface area contributed by atoms with Gasteiger partial charge in [-0.2, -0.15) is 0 Å². The summed E-state index contributed by atoms with van der Waals surface area (Å²) in [6.45, 7) is 0. The van der Waals surface area contributed by atoms with Crippen LogP contribution in [0, 0.1) is 0 Å². The van der Waals surface area contributed by atoms with E-state index < -0.39 is 0 Å². The van der Waals surface area contributed by atoms with Gasteiger partial charge in [-0.3, -0.25) is 9.59 Å². The standard InChI is InChI=1S/C21H26N2O4/c24-14-17-11-12-19(26-17)20-13-18(22-27-20)21(25)23(15-7-3-1-4-8-15)16-9-5-2-6-10-16/h11-16H,1-10H2. The van der Waals surface area contributed by atoms with Crippen molar-refractivity contribution in [1.29, 1.82) is 0 Å². The minimum Gasteiger partial charge on any atom is -0.450 e. The van der Waals surface area contributed by atoms with Crippen molar-refractivity contribution in [2.45, 2.75) is 76.3 Å². The lowest BCUT2D eigenvalue weighted by Gasteiger charge is -2.41. The molecular weight excluding hydrogens is 344 g/mol. The Kier molecular flexibility index (Phi) is 5.41. The lowest BCUT2D eigenvalue weighted by molar-refractivity contribution is 0.0438. The quantitative estimate of drug-likeness (QED) is 0.703. The van der Waals surface area contributed by atoms with E-state index in [2.05, 4.69) is 10.1 Å². The summed E-state index contributed by atoms with van der Waals surface area (Å²) >= 11 is 0. The Morgan fingerprint density at radius 1 is 0.963 bits per heavy atom. The molecule has 2 saturated carbocycles. The van der Waals surface area contributed by atoms with Crippen LogP contribution in [0.5, 0.6) is 0 Å². The molecule has 2 heterocycles. The van der Waals surface area contributed by atoms with Gasteiger partial charge in [0.2, 0.25) is 5.76 Å². The second-order valence-electron chi connectivity index (χ2n) is 7.69. The molecule has 0 aromatic carbocycles. The third kappa shape index (κ3) is 3.84. The predicted molar refractivity (Wildman–Crippen MR) is 99.5 cm³/mol. The number of hydrogen-bond donors (Lipinski definition) is 0. The van der Waals surface area contributed by atoms with Crippen LogP contribution in [0.1, 0.15) is 85.3 Å². The van der Waals surface area contributed by atoms with E-state index in [9.17, 15) is 9.59 Å². The Hall–Kier alpha value is -2.37. The molecule has 0 saturated heterocycles. The molecule has 2 aliphatic rings. The van der Waals surface area contributed by atoms with Crippen molar-refractivity contribution >= 4 is 12.2 Å². The number of hydrogen-bond acceptors (Lipinski definition) is 5. The van der Waals surface area contributed by atoms with Crippen molar-refractivity contribution < 1.29 is 18.5 Å². The van der Waals surface area contributed by atoms with E-state index in [4.69, 9.17) is 8.94 Å². The summed E-state index contributed by atoms with van der Waals surface area (Å²) in [6, 6.07) is 5.47. The summed E-state index contributed by atoms with van der Waals surface area (Å²) in [5.74, 6) is 0.968. The monoisotopic (exact) mass is 370 g/mol. The van der Waals surface area contributed by atoms with Gasteiger partial charge >= 0.3 is 0 Å². The van der Waals surface area contributed by atoms with Crippen LogP contribution in [-0.2, 0) is 0 Å². The smallest absolute Gasteiger partial charge is 0.276 e. The first kappa shape index (κ1) is 18.0. The highest BCUT2D eigenvalue weighted by atomic mass is 16.5. The predicted octanol–water partition coefficient (Wildman–Crippen LogP) is 4.85. The first-order valence-corrected chi connectivity index (χ1v) is 10.1. The van der Waals surface area contributed by atoms with Gasteiger partial charge in [-0.1, -0.05) is 43.7 Å². The van der Waals surface area contributed by atoms with Crippen molar-refractivity contribution in [2.24, 2.45) is 0 Å². The number of rotatable bonds is 5. The van der Waals surface area contributed by atoms with Crippen molar-refractivity contribution in [3.8, 4) is 11.5 Å². The second kappa shape index (κ2) is 8.11. The number of aromatic nitrogens is 1. The van der Waals surface area contributed by atoms with E-state index in [1.54, 1.807) is 18.2 Å². The molecule has 2 aromatic rings. The van der Waals surface area contributed by atoms with Gasteiger partial charge in [0, 0.05) is 18.2 Å². The third-order valence-electron chi connectivity index (χ3n) is 5.89. The van der Waals surface area contributed by atoms with Crippen LogP contribution in [0.3, 0.4) is 0 Å². The molecular formula is C21H26N2O4. The third-order valence-corrected chi connectivity index (χ3v) is 5.89. The highest BCUT2D eigenvalue weighted by Crippen LogP contribution is 2.32. The molecule has 0 unspecified atom stereocenters. The van der Waals surface area contributed by atoms with Crippen LogP contribution in [0.2, 0.25) is 0 Å². The van der Waals surface area contributed by atoms with E-state index in [1.165, 1.54) is 38.5 Å². The fraction of sp³-hybridized carbons (Fsp3) is 0.571. The van der Waals surface area contributed by atoms with Crippen LogP contribution < -0.4 is 0 Å². The zero-order valence-corrected chi connectivity index (χ0v) is 15.6. The summed E-state index contributed by atoms with van der Waals surface area (Å²) in [5, 5.41) is 4.02. The summed E-state index contributed by atoms with van der Waals surface area (Å²) in [4.78, 5) is 26.3. The summed E-state index contributed by atoms with van der Waals surface area (Å²) < 4.78 is 10.7. The molecule has 0 N–H and O–H groups in total. The van der Waals surface area contributed by atoms with E-state index >= 15 is 0 Å². The molecule has 0 aliphatic heterocycles. The highest BCUT2D eigenvalue weighted by Gasteiger charge is 2.34. The molecule has 2 aliphatic carbocycles. The van der Waals surface area contributed by atoms with Crippen LogP contribution in [0.25, 0.3) is 11.5 Å². The average Bonchev–Trinajstić information content (AvgIpc) is 3.39. The molecule has 6 heteroatoms. The minimum absolute atomic E-state index is 0.0361. The van der Waals surface area contributed by atoms with Gasteiger partial charge < -0.3 is 13.8 Å². The first-order chi connectivity index (χ1) is 13.3. The van der Waals surface area contributed by atoms with Crippen molar-refractivity contribution in [3.63, 3.8) is 0 Å². The van der Waals surface area contributed by atoms with Gasteiger partial charge in [-0.25, -0.2) is 0 Å². The maximum Gasteiger partial charge on any atom is 0.276 e. The van der Waals surface area contributed by atoms with Gasteiger partial charge in [0.1, 0.15) is 0 Å². The number of carbonyl (C=O) groups is 2. The molecule has 2 fully saturated rings. The van der Waals surface area contributed by atoms with E-state index in [0.29, 0.717) is 35.6 Å². The molecule has 1 amide bonds. The molecule has 2 aromatic heterocycles. The molecule has 27 heavy (non-hydrogen) atoms. The molecule has 6 nitrogen and oxygen atoms in total. The highest BCUT2D eigenvalue weighted by molar-refractivity contribution is 5.93. The lowest BCUT2D eigenvalue weighted by Crippen LogP contribution is -2.48. The van der Waals surface area contributed by atoms with Crippen LogP contribution in [0.15, 0.2) is 27.1 Å². The zero-order chi connectivity index (χ0) is 18.6. The van der Waals surface area contributed by atoms with Crippen LogP contribution in [-0.4, -0.2) is 34.3 Å². The Labute approximate surface area is 158 Å². The van der Waals surface area contributed by atoms with Crippen molar-refractivity contribution in [2.75, 3.05) is 0 Å². The van der Waals surface area contributed by atoms with Gasteiger partial charge in [0.05, 0.1) is 0 Å². The zero-order valence-electron chi connectivity index (χ0n) is 15.6. The van der Waals surface area contributed by atoms with Gasteiger partial charge in [-0.05, 0) is 37.8 Å². The second-order valence-corrected chi connectivity index (χ2v) is 7.69. The van der Waals surface area contributed by atoms with Crippen molar-refractivity contribution in [3.05, 3.63) is 29.7 Å². The summed E-state index contributed by atoms with van der Waals surface area (Å²) in [7, 11) is 0. The van der Waals surface area contributed by atoms with E-state index in [-0.39, 0.29) is 11.7 Å². The largest absolute Gasteiger partial charge is 0.450 e. The Bertz CT molecular complexity index is 764. The number of nitrogens with zero attached hydrogens (tertiary/aromatic N) is 2. The molecule has 0 atom stereocenters.